The lowest BCUT2D eigenvalue weighted by Gasteiger charge is -2.34. The van der Waals surface area contributed by atoms with Gasteiger partial charge in [-0.15, -0.1) is 11.3 Å². The van der Waals surface area contributed by atoms with Crippen LogP contribution < -0.4 is 10.2 Å². The summed E-state index contributed by atoms with van der Waals surface area (Å²) in [5.74, 6) is 0.811. The Morgan fingerprint density at radius 2 is 2.04 bits per heavy atom. The summed E-state index contributed by atoms with van der Waals surface area (Å²) in [5.41, 5.74) is 3.44. The van der Waals surface area contributed by atoms with Gasteiger partial charge in [0.25, 0.3) is 0 Å². The highest BCUT2D eigenvalue weighted by atomic mass is 32.1. The molecule has 0 bridgehead atoms. The van der Waals surface area contributed by atoms with Crippen LogP contribution in [0, 0.1) is 6.92 Å². The second-order valence-electron chi connectivity index (χ2n) is 6.76. The molecule has 1 fully saturated rings. The number of anilines is 1. The molecule has 2 aromatic heterocycles. The molecule has 134 valence electrons. The van der Waals surface area contributed by atoms with E-state index in [9.17, 15) is 0 Å². The van der Waals surface area contributed by atoms with Crippen LogP contribution in [0.2, 0.25) is 0 Å². The second-order valence-corrected chi connectivity index (χ2v) is 7.79. The zero-order chi connectivity index (χ0) is 17.8. The average molecular weight is 365 g/mol. The van der Waals surface area contributed by atoms with Crippen LogP contribution in [0.15, 0.2) is 54.0 Å². The van der Waals surface area contributed by atoms with E-state index in [1.54, 1.807) is 0 Å². The van der Waals surface area contributed by atoms with Gasteiger partial charge in [0.2, 0.25) is 0 Å². The Kier molecular flexibility index (Phi) is 5.27. The molecule has 1 saturated heterocycles. The van der Waals surface area contributed by atoms with Crippen molar-refractivity contribution in [2.75, 3.05) is 18.0 Å². The second kappa shape index (κ2) is 7.98. The van der Waals surface area contributed by atoms with Crippen LogP contribution in [0.4, 0.5) is 5.69 Å². The van der Waals surface area contributed by atoms with E-state index in [0.717, 1.165) is 36.7 Å². The monoisotopic (exact) mass is 364 g/mol. The van der Waals surface area contributed by atoms with Crippen LogP contribution in [0.1, 0.15) is 23.5 Å². The number of nitrogens with zero attached hydrogens (tertiary/aromatic N) is 3. The van der Waals surface area contributed by atoms with Crippen LogP contribution in [-0.4, -0.2) is 29.1 Å². The largest absolute Gasteiger partial charge is 0.371 e. The minimum Gasteiger partial charge on any atom is -0.371 e. The molecule has 0 amide bonds. The number of hydrogen-bond donors (Lipinski definition) is 1. The van der Waals surface area contributed by atoms with E-state index >= 15 is 0 Å². The van der Waals surface area contributed by atoms with E-state index in [4.69, 9.17) is 0 Å². The highest BCUT2D eigenvalue weighted by molar-refractivity contribution is 7.09. The Bertz CT molecular complexity index is 839. The number of benzene rings is 1. The SMILES string of the molecule is Cc1nccc(-c2cccc(N3CCC(NCc4cccs4)CC3)c2)n1. The van der Waals surface area contributed by atoms with Gasteiger partial charge >= 0.3 is 0 Å². The molecular formula is C21H24N4S. The van der Waals surface area contributed by atoms with E-state index in [1.807, 2.05) is 30.5 Å². The van der Waals surface area contributed by atoms with Crippen LogP contribution in [-0.2, 0) is 6.54 Å². The van der Waals surface area contributed by atoms with Crippen molar-refractivity contribution in [2.24, 2.45) is 0 Å². The van der Waals surface area contributed by atoms with Crippen molar-refractivity contribution >= 4 is 17.0 Å². The van der Waals surface area contributed by atoms with Gasteiger partial charge < -0.3 is 10.2 Å². The van der Waals surface area contributed by atoms with Crippen molar-refractivity contribution in [3.63, 3.8) is 0 Å². The van der Waals surface area contributed by atoms with Crippen molar-refractivity contribution in [1.82, 2.24) is 15.3 Å². The Hall–Kier alpha value is -2.24. The summed E-state index contributed by atoms with van der Waals surface area (Å²) in [4.78, 5) is 12.6. The Morgan fingerprint density at radius 1 is 1.15 bits per heavy atom. The van der Waals surface area contributed by atoms with Gasteiger partial charge in [-0.2, -0.15) is 0 Å². The van der Waals surface area contributed by atoms with Gasteiger partial charge in [-0.05, 0) is 49.4 Å². The lowest BCUT2D eigenvalue weighted by Crippen LogP contribution is -2.42. The fraction of sp³-hybridized carbons (Fsp3) is 0.333. The van der Waals surface area contributed by atoms with Gasteiger partial charge in [0.15, 0.2) is 0 Å². The molecule has 0 atom stereocenters. The molecule has 3 aromatic rings. The first kappa shape index (κ1) is 17.2. The van der Waals surface area contributed by atoms with Gasteiger partial charge in [0.05, 0.1) is 5.69 Å². The number of rotatable bonds is 5. The molecule has 3 heterocycles. The molecule has 0 saturated carbocycles. The lowest BCUT2D eigenvalue weighted by atomic mass is 10.0. The number of nitrogens with one attached hydrogen (secondary N) is 1. The average Bonchev–Trinajstić information content (AvgIpc) is 3.21. The third-order valence-electron chi connectivity index (χ3n) is 4.92. The maximum Gasteiger partial charge on any atom is 0.125 e. The summed E-state index contributed by atoms with van der Waals surface area (Å²) in [6.07, 6.45) is 4.19. The maximum absolute atomic E-state index is 4.55. The van der Waals surface area contributed by atoms with Crippen molar-refractivity contribution in [2.45, 2.75) is 32.4 Å². The predicted octanol–water partition coefficient (Wildman–Crippen LogP) is 4.27. The first-order chi connectivity index (χ1) is 12.8. The van der Waals surface area contributed by atoms with E-state index in [-0.39, 0.29) is 0 Å². The molecule has 1 aliphatic rings. The van der Waals surface area contributed by atoms with Gasteiger partial charge in [0, 0.05) is 48.0 Å². The summed E-state index contributed by atoms with van der Waals surface area (Å²) >= 11 is 1.83. The Balaban J connectivity index is 1.38. The number of hydrogen-bond acceptors (Lipinski definition) is 5. The van der Waals surface area contributed by atoms with Crippen LogP contribution in [0.25, 0.3) is 11.3 Å². The lowest BCUT2D eigenvalue weighted by molar-refractivity contribution is 0.415. The van der Waals surface area contributed by atoms with Crippen molar-refractivity contribution in [1.29, 1.82) is 0 Å². The van der Waals surface area contributed by atoms with E-state index in [0.29, 0.717) is 6.04 Å². The molecule has 4 rings (SSSR count). The zero-order valence-corrected chi connectivity index (χ0v) is 15.9. The minimum absolute atomic E-state index is 0.612. The van der Waals surface area contributed by atoms with Gasteiger partial charge in [-0.25, -0.2) is 9.97 Å². The molecule has 4 nitrogen and oxygen atoms in total. The minimum atomic E-state index is 0.612. The van der Waals surface area contributed by atoms with Crippen molar-refractivity contribution in [3.05, 3.63) is 64.7 Å². The maximum atomic E-state index is 4.55. The van der Waals surface area contributed by atoms with Crippen LogP contribution in [0.5, 0.6) is 0 Å². The summed E-state index contributed by atoms with van der Waals surface area (Å²) < 4.78 is 0. The zero-order valence-electron chi connectivity index (χ0n) is 15.1. The molecule has 0 radical (unpaired) electrons. The molecular weight excluding hydrogens is 340 g/mol. The van der Waals surface area contributed by atoms with Crippen LogP contribution in [0.3, 0.4) is 0 Å². The molecule has 1 aromatic carbocycles. The summed E-state index contributed by atoms with van der Waals surface area (Å²) in [7, 11) is 0. The standard InChI is InChI=1S/C21H24N4S/c1-16-22-10-7-21(24-16)17-4-2-5-19(14-17)25-11-8-18(9-12-25)23-15-20-6-3-13-26-20/h2-7,10,13-14,18,23H,8-9,11-12,15H2,1H3. The molecule has 0 aliphatic carbocycles. The number of aromatic nitrogens is 2. The third kappa shape index (κ3) is 4.11. The summed E-state index contributed by atoms with van der Waals surface area (Å²) in [6.45, 7) is 5.11. The molecule has 1 aliphatic heterocycles. The normalized spacial score (nSPS) is 15.3. The van der Waals surface area contributed by atoms with Gasteiger partial charge in [-0.1, -0.05) is 18.2 Å². The topological polar surface area (TPSA) is 41.1 Å². The van der Waals surface area contributed by atoms with Crippen LogP contribution >= 0.6 is 11.3 Å². The highest BCUT2D eigenvalue weighted by Gasteiger charge is 2.19. The Morgan fingerprint density at radius 3 is 2.81 bits per heavy atom. The number of piperidine rings is 1. The quantitative estimate of drug-likeness (QED) is 0.734. The molecule has 1 N–H and O–H groups in total. The van der Waals surface area contributed by atoms with E-state index in [2.05, 4.69) is 62.0 Å². The van der Waals surface area contributed by atoms with E-state index < -0.39 is 0 Å². The van der Waals surface area contributed by atoms with Gasteiger partial charge in [0.1, 0.15) is 5.82 Å². The molecule has 0 unspecified atom stereocenters. The third-order valence-corrected chi connectivity index (χ3v) is 5.80. The smallest absolute Gasteiger partial charge is 0.125 e. The highest BCUT2D eigenvalue weighted by Crippen LogP contribution is 2.26. The molecule has 5 heteroatoms. The first-order valence-corrected chi connectivity index (χ1v) is 10.1. The fourth-order valence-corrected chi connectivity index (χ4v) is 4.13. The number of aryl methyl sites for hydroxylation is 1. The fourth-order valence-electron chi connectivity index (χ4n) is 3.48. The first-order valence-electron chi connectivity index (χ1n) is 9.19. The van der Waals surface area contributed by atoms with Crippen molar-refractivity contribution in [3.8, 4) is 11.3 Å². The summed E-state index contributed by atoms with van der Waals surface area (Å²) in [6, 6.07) is 15.6. The predicted molar refractivity (Wildman–Crippen MR) is 109 cm³/mol. The molecule has 26 heavy (non-hydrogen) atoms. The number of thiophene rings is 1. The van der Waals surface area contributed by atoms with Gasteiger partial charge in [-0.3, -0.25) is 0 Å². The summed E-state index contributed by atoms with van der Waals surface area (Å²) in [5, 5.41) is 5.85. The Labute approximate surface area is 158 Å². The molecule has 0 spiro atoms. The van der Waals surface area contributed by atoms with Crippen molar-refractivity contribution < 1.29 is 0 Å². The van der Waals surface area contributed by atoms with E-state index in [1.165, 1.54) is 23.4 Å².